The first-order chi connectivity index (χ1) is 12.2. The molecule has 0 atom stereocenters. The summed E-state index contributed by atoms with van der Waals surface area (Å²) in [4.78, 5) is 28.8. The number of hydrogen-bond donors (Lipinski definition) is 0. The second-order valence-corrected chi connectivity index (χ2v) is 5.84. The molecule has 5 nitrogen and oxygen atoms in total. The van der Waals surface area contributed by atoms with Gasteiger partial charge in [-0.3, -0.25) is 9.36 Å². The molecule has 0 saturated carbocycles. The molecule has 4 rings (SSSR count). The monoisotopic (exact) mass is 332 g/mol. The highest BCUT2D eigenvalue weighted by Crippen LogP contribution is 2.32. The third-order valence-electron chi connectivity index (χ3n) is 4.31. The van der Waals surface area contributed by atoms with E-state index in [1.807, 2.05) is 53.1 Å². The van der Waals surface area contributed by atoms with Gasteiger partial charge in [-0.2, -0.15) is 4.98 Å². The second-order valence-electron chi connectivity index (χ2n) is 5.84. The first kappa shape index (κ1) is 15.3. The highest BCUT2D eigenvalue weighted by atomic mass is 16.5. The Morgan fingerprint density at radius 3 is 2.64 bits per heavy atom. The van der Waals surface area contributed by atoms with Crippen LogP contribution in [-0.2, 0) is 11.2 Å². The van der Waals surface area contributed by atoms with Crippen molar-refractivity contribution in [3.63, 3.8) is 0 Å². The number of hydrogen-bond acceptors (Lipinski definition) is 4. The first-order valence-electron chi connectivity index (χ1n) is 8.16. The van der Waals surface area contributed by atoms with Gasteiger partial charge in [-0.15, -0.1) is 0 Å². The molecule has 1 aliphatic rings. The van der Waals surface area contributed by atoms with E-state index in [4.69, 9.17) is 4.74 Å². The Morgan fingerprint density at radius 2 is 1.84 bits per heavy atom. The summed E-state index contributed by atoms with van der Waals surface area (Å²) < 4.78 is 6.81. The zero-order valence-electron chi connectivity index (χ0n) is 13.7. The summed E-state index contributed by atoms with van der Waals surface area (Å²) in [6.07, 6.45) is 2.28. The van der Waals surface area contributed by atoms with E-state index in [9.17, 15) is 9.59 Å². The highest BCUT2D eigenvalue weighted by Gasteiger charge is 2.23. The van der Waals surface area contributed by atoms with E-state index in [1.54, 1.807) is 13.1 Å². The van der Waals surface area contributed by atoms with Crippen LogP contribution in [0.2, 0.25) is 0 Å². The zero-order chi connectivity index (χ0) is 17.4. The Morgan fingerprint density at radius 1 is 1.12 bits per heavy atom. The van der Waals surface area contributed by atoms with Gasteiger partial charge >= 0.3 is 5.97 Å². The highest BCUT2D eigenvalue weighted by molar-refractivity contribution is 5.89. The van der Waals surface area contributed by atoms with Crippen molar-refractivity contribution >= 4 is 5.97 Å². The lowest BCUT2D eigenvalue weighted by Gasteiger charge is -2.14. The molecule has 0 fully saturated rings. The smallest absolute Gasteiger partial charge is 0.345 e. The number of esters is 1. The van der Waals surface area contributed by atoms with Crippen molar-refractivity contribution in [2.24, 2.45) is 0 Å². The van der Waals surface area contributed by atoms with Crippen LogP contribution in [0.1, 0.15) is 28.4 Å². The fourth-order valence-corrected chi connectivity index (χ4v) is 3.17. The van der Waals surface area contributed by atoms with Crippen LogP contribution >= 0.6 is 0 Å². The number of benzene rings is 2. The van der Waals surface area contributed by atoms with Crippen LogP contribution in [0.15, 0.2) is 59.5 Å². The van der Waals surface area contributed by atoms with Crippen molar-refractivity contribution < 1.29 is 9.53 Å². The fraction of sp³-hybridized carbons (Fsp3) is 0.150. The lowest BCUT2D eigenvalue weighted by Crippen LogP contribution is -2.23. The van der Waals surface area contributed by atoms with Gasteiger partial charge in [-0.05, 0) is 24.1 Å². The number of carbonyl (C=O) groups is 1. The maximum atomic E-state index is 12.4. The van der Waals surface area contributed by atoms with Crippen LogP contribution in [0.3, 0.4) is 0 Å². The van der Waals surface area contributed by atoms with E-state index in [2.05, 4.69) is 4.98 Å². The van der Waals surface area contributed by atoms with Gasteiger partial charge < -0.3 is 4.74 Å². The average Bonchev–Trinajstić information content (AvgIpc) is 2.75. The molecule has 5 heteroatoms. The van der Waals surface area contributed by atoms with Gasteiger partial charge in [0.1, 0.15) is 11.4 Å². The summed E-state index contributed by atoms with van der Waals surface area (Å²) in [6.45, 7) is 1.91. The Kier molecular flexibility index (Phi) is 3.69. The first-order valence-corrected chi connectivity index (χ1v) is 8.16. The zero-order valence-corrected chi connectivity index (χ0v) is 13.7. The quantitative estimate of drug-likeness (QED) is 0.530. The number of nitrogens with zero attached hydrogens (tertiary/aromatic N) is 2. The third-order valence-corrected chi connectivity index (χ3v) is 4.31. The largest absolute Gasteiger partial charge is 0.462 e. The van der Waals surface area contributed by atoms with Crippen molar-refractivity contribution in [2.75, 3.05) is 6.61 Å². The number of carbonyl (C=O) groups excluding carboxylic acids is 1. The molecular weight excluding hydrogens is 316 g/mol. The Labute approximate surface area is 144 Å². The summed E-state index contributed by atoms with van der Waals surface area (Å²) in [5.41, 5.74) is 3.38. The van der Waals surface area contributed by atoms with E-state index in [0.29, 0.717) is 5.82 Å². The number of fused-ring (bicyclic) bond motifs is 5. The number of para-hydroxylation sites is 1. The van der Waals surface area contributed by atoms with Crippen molar-refractivity contribution in [3.05, 3.63) is 81.8 Å². The van der Waals surface area contributed by atoms with Crippen LogP contribution in [0, 0.1) is 0 Å². The van der Waals surface area contributed by atoms with Crippen LogP contribution < -0.4 is 5.56 Å². The maximum Gasteiger partial charge on any atom is 0.345 e. The van der Waals surface area contributed by atoms with Crippen LogP contribution in [0.5, 0.6) is 0 Å². The SMILES string of the molecule is CCOC(=O)c1cn2c(nc1=O)-c1ccccc1Cc1ccccc1-2. The molecule has 0 radical (unpaired) electrons. The van der Waals surface area contributed by atoms with E-state index in [1.165, 1.54) is 0 Å². The second kappa shape index (κ2) is 6.02. The van der Waals surface area contributed by atoms with Crippen LogP contribution in [0.25, 0.3) is 17.1 Å². The molecule has 1 aromatic heterocycles. The molecule has 2 heterocycles. The van der Waals surface area contributed by atoms with E-state index >= 15 is 0 Å². The van der Waals surface area contributed by atoms with Gasteiger partial charge in [0.15, 0.2) is 0 Å². The normalized spacial score (nSPS) is 11.7. The number of ether oxygens (including phenoxy) is 1. The lowest BCUT2D eigenvalue weighted by molar-refractivity contribution is 0.0523. The fourth-order valence-electron chi connectivity index (χ4n) is 3.17. The third kappa shape index (κ3) is 2.54. The molecule has 0 unspecified atom stereocenters. The van der Waals surface area contributed by atoms with Gasteiger partial charge in [0.2, 0.25) is 0 Å². The minimum absolute atomic E-state index is 0.0558. The Bertz CT molecular complexity index is 1040. The molecule has 0 aliphatic carbocycles. The van der Waals surface area contributed by atoms with Gasteiger partial charge in [0, 0.05) is 18.2 Å². The molecule has 0 amide bonds. The average molecular weight is 332 g/mol. The maximum absolute atomic E-state index is 12.4. The molecule has 0 N–H and O–H groups in total. The lowest BCUT2D eigenvalue weighted by atomic mass is 10.0. The minimum atomic E-state index is -0.648. The Hall–Kier alpha value is -3.21. The van der Waals surface area contributed by atoms with Gasteiger partial charge in [-0.1, -0.05) is 42.5 Å². The van der Waals surface area contributed by atoms with Crippen molar-refractivity contribution in [1.29, 1.82) is 0 Å². The summed E-state index contributed by atoms with van der Waals surface area (Å²) in [7, 11) is 0. The molecule has 2 aromatic carbocycles. The topological polar surface area (TPSA) is 61.2 Å². The van der Waals surface area contributed by atoms with E-state index in [0.717, 1.165) is 28.8 Å². The predicted molar refractivity (Wildman–Crippen MR) is 94.0 cm³/mol. The van der Waals surface area contributed by atoms with E-state index in [-0.39, 0.29) is 12.2 Å². The van der Waals surface area contributed by atoms with Crippen molar-refractivity contribution in [2.45, 2.75) is 13.3 Å². The van der Waals surface area contributed by atoms with Crippen molar-refractivity contribution in [3.8, 4) is 17.1 Å². The standard InChI is InChI=1S/C20H16N2O3/c1-2-25-20(24)16-12-22-17-10-6-4-8-14(17)11-13-7-3-5-9-15(13)18(22)21-19(16)23/h3-10,12H,2,11H2,1H3. The molecular formula is C20H16N2O3. The molecule has 25 heavy (non-hydrogen) atoms. The summed E-state index contributed by atoms with van der Waals surface area (Å²) in [6, 6.07) is 15.8. The van der Waals surface area contributed by atoms with Gasteiger partial charge in [0.25, 0.3) is 5.56 Å². The van der Waals surface area contributed by atoms with E-state index < -0.39 is 11.5 Å². The number of aromatic nitrogens is 2. The molecule has 1 aliphatic heterocycles. The van der Waals surface area contributed by atoms with Crippen LogP contribution in [-0.4, -0.2) is 22.1 Å². The molecule has 124 valence electrons. The minimum Gasteiger partial charge on any atom is -0.462 e. The Balaban J connectivity index is 2.05. The molecule has 3 aromatic rings. The number of rotatable bonds is 2. The molecule has 0 bridgehead atoms. The van der Waals surface area contributed by atoms with Gasteiger partial charge in [-0.25, -0.2) is 4.79 Å². The predicted octanol–water partition coefficient (Wildman–Crippen LogP) is 2.98. The van der Waals surface area contributed by atoms with Crippen molar-refractivity contribution in [1.82, 2.24) is 9.55 Å². The summed E-state index contributed by atoms with van der Waals surface area (Å²) in [5.74, 6) is -0.107. The molecule has 0 saturated heterocycles. The molecule has 0 spiro atoms. The van der Waals surface area contributed by atoms with Crippen LogP contribution in [0.4, 0.5) is 0 Å². The summed E-state index contributed by atoms with van der Waals surface area (Å²) in [5, 5.41) is 0. The summed E-state index contributed by atoms with van der Waals surface area (Å²) >= 11 is 0. The van der Waals surface area contributed by atoms with Gasteiger partial charge in [0.05, 0.1) is 12.3 Å².